The molecule has 0 aliphatic rings. The summed E-state index contributed by atoms with van der Waals surface area (Å²) in [6.07, 6.45) is 5.88. The lowest BCUT2D eigenvalue weighted by atomic mass is 10.2. The summed E-state index contributed by atoms with van der Waals surface area (Å²) in [5.74, 6) is 0. The Balaban J connectivity index is 5.52. The van der Waals surface area contributed by atoms with E-state index in [4.69, 9.17) is 13.3 Å². The molecule has 0 unspecified atom stereocenters. The Kier molecular flexibility index (Phi) is 9.92. The fourth-order valence-electron chi connectivity index (χ4n) is 2.27. The third-order valence-corrected chi connectivity index (χ3v) is 10.9. The minimum Gasteiger partial charge on any atom is -0.371 e. The Morgan fingerprint density at radius 1 is 0.850 bits per heavy atom. The number of hydrogen-bond donors (Lipinski definition) is 0. The summed E-state index contributed by atoms with van der Waals surface area (Å²) in [7, 11) is -4.22. The molecule has 0 fully saturated rings. The quantitative estimate of drug-likeness (QED) is 0.412. The number of hydrogen-bond acceptors (Lipinski definition) is 3. The molecule has 5 heteroatoms. The highest BCUT2D eigenvalue weighted by atomic mass is 28.4. The van der Waals surface area contributed by atoms with Crippen molar-refractivity contribution < 1.29 is 13.3 Å². The Bertz CT molecular complexity index is 268. The van der Waals surface area contributed by atoms with Gasteiger partial charge in [0.1, 0.15) is 0 Å². The highest BCUT2D eigenvalue weighted by Gasteiger charge is 2.49. The second kappa shape index (κ2) is 9.89. The second-order valence-electron chi connectivity index (χ2n) is 5.87. The van der Waals surface area contributed by atoms with Gasteiger partial charge in [-0.05, 0) is 32.0 Å². The van der Waals surface area contributed by atoms with Gasteiger partial charge in [0.15, 0.2) is 0 Å². The first-order valence-corrected chi connectivity index (χ1v) is 13.2. The SMILES string of the molecule is CCCC/C=C(/[Si](C)(C)C)[Si](OCC)(OCC)OCC. The van der Waals surface area contributed by atoms with Gasteiger partial charge in [-0.2, -0.15) is 0 Å². The van der Waals surface area contributed by atoms with Crippen molar-refractivity contribution >= 4 is 16.9 Å². The van der Waals surface area contributed by atoms with Crippen molar-refractivity contribution in [3.05, 3.63) is 10.9 Å². The summed E-state index contributed by atoms with van der Waals surface area (Å²) in [6, 6.07) is 0. The van der Waals surface area contributed by atoms with E-state index in [0.717, 1.165) is 6.42 Å². The molecule has 0 N–H and O–H groups in total. The molecule has 0 aromatic rings. The van der Waals surface area contributed by atoms with Crippen molar-refractivity contribution in [2.75, 3.05) is 19.8 Å². The summed E-state index contributed by atoms with van der Waals surface area (Å²) in [4.78, 5) is 1.36. The molecule has 3 nitrogen and oxygen atoms in total. The third kappa shape index (κ3) is 6.22. The Morgan fingerprint density at radius 3 is 1.60 bits per heavy atom. The largest absolute Gasteiger partial charge is 0.528 e. The molecule has 0 atom stereocenters. The van der Waals surface area contributed by atoms with E-state index in [1.807, 2.05) is 20.8 Å². The van der Waals surface area contributed by atoms with Crippen molar-refractivity contribution in [2.24, 2.45) is 0 Å². The van der Waals surface area contributed by atoms with Crippen LogP contribution in [-0.2, 0) is 13.3 Å². The standard InChI is InChI=1S/C15H34O3Si2/c1-8-12-13-14-15(19(5,6)7)20(16-9-2,17-10-3)18-11-4/h14H,8-13H2,1-7H3/b15-14-. The molecular formula is C15H34O3Si2. The van der Waals surface area contributed by atoms with Gasteiger partial charge in [-0.15, -0.1) is 0 Å². The highest BCUT2D eigenvalue weighted by molar-refractivity contribution is 6.99. The lowest BCUT2D eigenvalue weighted by Crippen LogP contribution is -2.55. The van der Waals surface area contributed by atoms with Crippen molar-refractivity contribution in [1.82, 2.24) is 0 Å². The zero-order valence-electron chi connectivity index (χ0n) is 14.5. The Morgan fingerprint density at radius 2 is 1.30 bits per heavy atom. The molecule has 0 aromatic carbocycles. The van der Waals surface area contributed by atoms with E-state index in [-0.39, 0.29) is 0 Å². The van der Waals surface area contributed by atoms with Crippen LogP contribution in [0.25, 0.3) is 0 Å². The lowest BCUT2D eigenvalue weighted by Gasteiger charge is -2.36. The maximum absolute atomic E-state index is 6.09. The van der Waals surface area contributed by atoms with E-state index >= 15 is 0 Å². The molecule has 0 aliphatic heterocycles. The van der Waals surface area contributed by atoms with Gasteiger partial charge < -0.3 is 13.3 Å². The zero-order chi connectivity index (χ0) is 15.6. The average molecular weight is 319 g/mol. The minimum atomic E-state index is -2.69. The molecule has 0 rings (SSSR count). The molecule has 0 radical (unpaired) electrons. The van der Waals surface area contributed by atoms with Gasteiger partial charge in [0.2, 0.25) is 0 Å². The smallest absolute Gasteiger partial charge is 0.371 e. The van der Waals surface area contributed by atoms with Crippen LogP contribution in [0.3, 0.4) is 0 Å². The van der Waals surface area contributed by atoms with E-state index in [1.54, 1.807) is 0 Å². The van der Waals surface area contributed by atoms with Gasteiger partial charge in [-0.1, -0.05) is 45.5 Å². The first kappa shape index (κ1) is 20.1. The Hall–Kier alpha value is 0.0538. The molecule has 0 aromatic heterocycles. The van der Waals surface area contributed by atoms with Gasteiger partial charge in [0.25, 0.3) is 0 Å². The highest BCUT2D eigenvalue weighted by Crippen LogP contribution is 2.29. The summed E-state index contributed by atoms with van der Waals surface area (Å²) in [6.45, 7) is 17.3. The fraction of sp³-hybridized carbons (Fsp3) is 0.867. The van der Waals surface area contributed by atoms with Crippen molar-refractivity contribution in [3.8, 4) is 0 Å². The number of allylic oxidation sites excluding steroid dienone is 1. The molecule has 0 bridgehead atoms. The molecule has 20 heavy (non-hydrogen) atoms. The van der Waals surface area contributed by atoms with Crippen LogP contribution >= 0.6 is 0 Å². The number of unbranched alkanes of at least 4 members (excludes halogenated alkanes) is 2. The summed E-state index contributed by atoms with van der Waals surface area (Å²) < 4.78 is 18.3. The van der Waals surface area contributed by atoms with Crippen LogP contribution in [0.15, 0.2) is 10.9 Å². The van der Waals surface area contributed by atoms with Gasteiger partial charge in [-0.25, -0.2) is 0 Å². The second-order valence-corrected chi connectivity index (χ2v) is 13.9. The van der Waals surface area contributed by atoms with Crippen LogP contribution in [0.5, 0.6) is 0 Å². The van der Waals surface area contributed by atoms with E-state index in [2.05, 4.69) is 32.6 Å². The summed E-state index contributed by atoms with van der Waals surface area (Å²) in [5, 5.41) is 0. The molecule has 0 amide bonds. The van der Waals surface area contributed by atoms with Crippen molar-refractivity contribution in [2.45, 2.75) is 66.6 Å². The van der Waals surface area contributed by atoms with Crippen LogP contribution in [-0.4, -0.2) is 36.7 Å². The molecule has 0 saturated heterocycles. The van der Waals surface area contributed by atoms with E-state index in [0.29, 0.717) is 19.8 Å². The molecule has 120 valence electrons. The van der Waals surface area contributed by atoms with Crippen LogP contribution < -0.4 is 0 Å². The van der Waals surface area contributed by atoms with Crippen LogP contribution in [0, 0.1) is 0 Å². The number of rotatable bonds is 11. The normalized spacial score (nSPS) is 13.8. The summed E-state index contributed by atoms with van der Waals surface area (Å²) in [5.41, 5.74) is 0. The molecule has 0 heterocycles. The predicted molar refractivity (Wildman–Crippen MR) is 91.6 cm³/mol. The van der Waals surface area contributed by atoms with Gasteiger partial charge in [0, 0.05) is 19.8 Å². The lowest BCUT2D eigenvalue weighted by molar-refractivity contribution is 0.0825. The fourth-order valence-corrected chi connectivity index (χ4v) is 9.60. The maximum atomic E-state index is 6.09. The first-order valence-electron chi connectivity index (χ1n) is 8.00. The maximum Gasteiger partial charge on any atom is 0.528 e. The van der Waals surface area contributed by atoms with Crippen LogP contribution in [0.1, 0.15) is 47.0 Å². The van der Waals surface area contributed by atoms with Crippen molar-refractivity contribution in [1.29, 1.82) is 0 Å². The van der Waals surface area contributed by atoms with Gasteiger partial charge >= 0.3 is 8.80 Å². The average Bonchev–Trinajstić information content (AvgIpc) is 2.34. The summed E-state index contributed by atoms with van der Waals surface area (Å²) >= 11 is 0. The zero-order valence-corrected chi connectivity index (χ0v) is 16.5. The van der Waals surface area contributed by atoms with E-state index in [1.165, 1.54) is 17.7 Å². The predicted octanol–water partition coefficient (Wildman–Crippen LogP) is 4.57. The molecular weight excluding hydrogens is 284 g/mol. The van der Waals surface area contributed by atoms with Gasteiger partial charge in [0.05, 0.1) is 8.07 Å². The van der Waals surface area contributed by atoms with Crippen molar-refractivity contribution in [3.63, 3.8) is 0 Å². The minimum absolute atomic E-state index is 0.641. The van der Waals surface area contributed by atoms with Crippen LogP contribution in [0.4, 0.5) is 0 Å². The molecule has 0 aliphatic carbocycles. The van der Waals surface area contributed by atoms with E-state index in [9.17, 15) is 0 Å². The molecule has 0 saturated carbocycles. The van der Waals surface area contributed by atoms with Crippen LogP contribution in [0.2, 0.25) is 19.6 Å². The van der Waals surface area contributed by atoms with Gasteiger partial charge in [-0.3, -0.25) is 0 Å². The first-order chi connectivity index (χ1) is 9.37. The monoisotopic (exact) mass is 318 g/mol. The molecule has 0 spiro atoms. The Labute approximate surface area is 128 Å². The van der Waals surface area contributed by atoms with E-state index < -0.39 is 16.9 Å². The third-order valence-electron chi connectivity index (χ3n) is 3.05. The topological polar surface area (TPSA) is 27.7 Å².